The van der Waals surface area contributed by atoms with Crippen molar-refractivity contribution < 1.29 is 51.4 Å². The summed E-state index contributed by atoms with van der Waals surface area (Å²) < 4.78 is 0. The predicted octanol–water partition coefficient (Wildman–Crippen LogP) is -3.36. The second-order valence-electron chi connectivity index (χ2n) is 2.30. The molecule has 0 saturated carbocycles. The van der Waals surface area contributed by atoms with Gasteiger partial charge in [0.2, 0.25) is 0 Å². The van der Waals surface area contributed by atoms with Gasteiger partial charge in [-0.1, -0.05) is 0 Å². The largest absolute Gasteiger partial charge is 1.00 e. The summed E-state index contributed by atoms with van der Waals surface area (Å²) in [6, 6.07) is 0. The van der Waals surface area contributed by atoms with Crippen LogP contribution in [0.3, 0.4) is 0 Å². The van der Waals surface area contributed by atoms with E-state index >= 15 is 0 Å². The summed E-state index contributed by atoms with van der Waals surface area (Å²) in [4.78, 5) is 2.35. The summed E-state index contributed by atoms with van der Waals surface area (Å²) in [6.07, 6.45) is 0. The first kappa shape index (κ1) is 11.5. The molecule has 2 N–H and O–H groups in total. The molecule has 0 aromatic carbocycles. The van der Waals surface area contributed by atoms with Crippen LogP contribution >= 0.6 is 0 Å². The minimum Gasteiger partial charge on any atom is -0.660 e. The molecule has 0 bridgehead atoms. The summed E-state index contributed by atoms with van der Waals surface area (Å²) in [5.41, 5.74) is 5.39. The smallest absolute Gasteiger partial charge is 0.660 e. The minimum absolute atomic E-state index is 0. The van der Waals surface area contributed by atoms with Gasteiger partial charge in [-0.25, -0.2) is 0 Å². The molecule has 0 radical (unpaired) electrons. The molecule has 0 aromatic rings. The van der Waals surface area contributed by atoms with Gasteiger partial charge in [0.15, 0.2) is 0 Å². The molecule has 0 aliphatic carbocycles. The number of rotatable bonds is 2. The van der Waals surface area contributed by atoms with E-state index in [9.17, 15) is 0 Å². The van der Waals surface area contributed by atoms with Gasteiger partial charge < -0.3 is 16.0 Å². The zero-order valence-electron chi connectivity index (χ0n) is 6.71. The van der Waals surface area contributed by atoms with Crippen molar-refractivity contribution in [3.63, 3.8) is 0 Å². The maximum atomic E-state index is 5.39. The van der Waals surface area contributed by atoms with Crippen LogP contribution < -0.4 is 57.1 Å². The quantitative estimate of drug-likeness (QED) is 0.437. The average molecular weight is 167 g/mol. The Morgan fingerprint density at radius 2 is 1.90 bits per heavy atom. The molecule has 1 aliphatic rings. The van der Waals surface area contributed by atoms with Crippen LogP contribution in [0.5, 0.6) is 0 Å². The van der Waals surface area contributed by atoms with E-state index in [1.54, 1.807) is 0 Å². The molecule has 0 atom stereocenters. The van der Waals surface area contributed by atoms with Crippen molar-refractivity contribution in [2.45, 2.75) is 0 Å². The van der Waals surface area contributed by atoms with Crippen molar-refractivity contribution in [3.8, 4) is 0 Å². The zero-order valence-corrected chi connectivity index (χ0v) is 9.84. The Hall–Kier alpha value is 1.52. The Morgan fingerprint density at radius 1 is 1.30 bits per heavy atom. The van der Waals surface area contributed by atoms with Crippen molar-refractivity contribution in [2.75, 3.05) is 39.3 Å². The monoisotopic (exact) mass is 167 g/mol. The van der Waals surface area contributed by atoms with E-state index in [2.05, 4.69) is 10.2 Å². The third kappa shape index (κ3) is 4.41. The summed E-state index contributed by atoms with van der Waals surface area (Å²) >= 11 is 0. The molecule has 1 heterocycles. The molecule has 4 heteroatoms. The maximum Gasteiger partial charge on any atom is 1.00 e. The fraction of sp³-hybridized carbons (Fsp3) is 1.00. The fourth-order valence-corrected chi connectivity index (χ4v) is 1.05. The normalized spacial score (nSPS) is 20.1. The Morgan fingerprint density at radius 3 is 2.40 bits per heavy atom. The third-order valence-electron chi connectivity index (χ3n) is 1.59. The fourth-order valence-electron chi connectivity index (χ4n) is 1.05. The third-order valence-corrected chi connectivity index (χ3v) is 1.59. The molecule has 54 valence electrons. The van der Waals surface area contributed by atoms with Crippen LogP contribution in [-0.2, 0) is 0 Å². The second kappa shape index (κ2) is 7.18. The van der Waals surface area contributed by atoms with Crippen molar-refractivity contribution in [3.05, 3.63) is 5.32 Å². The first-order valence-electron chi connectivity index (χ1n) is 3.49. The number of hydrogen-bond acceptors (Lipinski definition) is 2. The Kier molecular flexibility index (Phi) is 8.27. The van der Waals surface area contributed by atoms with Crippen molar-refractivity contribution in [2.24, 2.45) is 5.73 Å². The van der Waals surface area contributed by atoms with Crippen LogP contribution in [0.4, 0.5) is 0 Å². The van der Waals surface area contributed by atoms with Crippen LogP contribution in [-0.4, -0.2) is 44.2 Å². The van der Waals surface area contributed by atoms with E-state index in [0.29, 0.717) is 0 Å². The van der Waals surface area contributed by atoms with Crippen LogP contribution in [0.15, 0.2) is 0 Å². The number of piperazine rings is 1. The van der Waals surface area contributed by atoms with Crippen molar-refractivity contribution in [1.29, 1.82) is 0 Å². The number of nitrogens with zero attached hydrogens (tertiary/aromatic N) is 2. The molecular weight excluding hydrogens is 153 g/mol. The first-order valence-corrected chi connectivity index (χ1v) is 3.49. The van der Waals surface area contributed by atoms with E-state index in [-0.39, 0.29) is 51.4 Å². The molecule has 10 heavy (non-hydrogen) atoms. The zero-order chi connectivity index (χ0) is 6.53. The van der Waals surface area contributed by atoms with E-state index < -0.39 is 0 Å². The summed E-state index contributed by atoms with van der Waals surface area (Å²) in [6.45, 7) is 6.03. The molecule has 0 unspecified atom stereocenters. The van der Waals surface area contributed by atoms with E-state index in [1.807, 2.05) is 0 Å². The van der Waals surface area contributed by atoms with Gasteiger partial charge in [-0.2, -0.15) is 0 Å². The van der Waals surface area contributed by atoms with Gasteiger partial charge in [-0.05, 0) is 13.1 Å². The molecule has 0 spiro atoms. The molecule has 1 aliphatic heterocycles. The molecule has 1 saturated heterocycles. The average Bonchev–Trinajstić information content (AvgIpc) is 1.91. The number of hydrogen-bond donors (Lipinski definition) is 1. The predicted molar refractivity (Wildman–Crippen MR) is 38.6 cm³/mol. The summed E-state index contributed by atoms with van der Waals surface area (Å²) in [7, 11) is 0. The molecule has 3 nitrogen and oxygen atoms in total. The van der Waals surface area contributed by atoms with E-state index in [0.717, 1.165) is 39.3 Å². The van der Waals surface area contributed by atoms with Crippen LogP contribution in [0.2, 0.25) is 0 Å². The SMILES string of the molecule is NCCN1CC[N-]CC1.[K+]. The van der Waals surface area contributed by atoms with E-state index in [1.165, 1.54) is 0 Å². The molecule has 1 fully saturated rings. The molecule has 1 rings (SSSR count). The van der Waals surface area contributed by atoms with Gasteiger partial charge >= 0.3 is 51.4 Å². The van der Waals surface area contributed by atoms with Gasteiger partial charge in [0, 0.05) is 13.1 Å². The molecular formula is C6H14KN3. The Labute approximate surface area is 105 Å². The van der Waals surface area contributed by atoms with Crippen molar-refractivity contribution in [1.82, 2.24) is 4.90 Å². The van der Waals surface area contributed by atoms with Gasteiger partial charge in [-0.3, -0.25) is 0 Å². The van der Waals surface area contributed by atoms with E-state index in [4.69, 9.17) is 5.73 Å². The van der Waals surface area contributed by atoms with Crippen LogP contribution in [0.25, 0.3) is 5.32 Å². The van der Waals surface area contributed by atoms with Gasteiger partial charge in [0.25, 0.3) is 0 Å². The van der Waals surface area contributed by atoms with Crippen LogP contribution in [0.1, 0.15) is 0 Å². The topological polar surface area (TPSA) is 43.4 Å². The van der Waals surface area contributed by atoms with Gasteiger partial charge in [0.05, 0.1) is 0 Å². The van der Waals surface area contributed by atoms with Crippen molar-refractivity contribution >= 4 is 0 Å². The first-order chi connectivity index (χ1) is 4.43. The minimum atomic E-state index is 0. The van der Waals surface area contributed by atoms with Crippen LogP contribution in [0, 0.1) is 0 Å². The Balaban J connectivity index is 0.000000810. The summed E-state index contributed by atoms with van der Waals surface area (Å²) in [5, 5.41) is 4.23. The Bertz CT molecular complexity index is 70.6. The molecule has 0 aromatic heterocycles. The second-order valence-corrected chi connectivity index (χ2v) is 2.30. The summed E-state index contributed by atoms with van der Waals surface area (Å²) in [5.74, 6) is 0. The maximum absolute atomic E-state index is 5.39. The van der Waals surface area contributed by atoms with Gasteiger partial charge in [0.1, 0.15) is 0 Å². The standard InChI is InChI=1S/C6H14N3.K/c7-1-4-9-5-2-8-3-6-9;/h1-7H2;/q-1;+1. The number of nitrogens with two attached hydrogens (primary N) is 1. The van der Waals surface area contributed by atoms with Gasteiger partial charge in [-0.15, -0.1) is 13.1 Å². The molecule has 0 amide bonds.